The van der Waals surface area contributed by atoms with Crippen molar-refractivity contribution in [1.82, 2.24) is 25.1 Å². The molecule has 0 aliphatic heterocycles. The minimum atomic E-state index is -0.239. The fourth-order valence-electron chi connectivity index (χ4n) is 3.05. The second kappa shape index (κ2) is 8.29. The number of carbonyl (C=O) groups excluding carboxylic acids is 1. The number of aryl methyl sites for hydroxylation is 3. The Bertz CT molecular complexity index is 1260. The topological polar surface area (TPSA) is 84.2 Å². The van der Waals surface area contributed by atoms with Gasteiger partial charge in [0.2, 0.25) is 4.96 Å². The Labute approximate surface area is 183 Å². The number of anilines is 1. The summed E-state index contributed by atoms with van der Waals surface area (Å²) >= 11 is 6.82. The normalized spacial score (nSPS) is 10.9. The lowest BCUT2D eigenvalue weighted by molar-refractivity contribution is 0.0977. The molecule has 0 unspecified atom stereocenters. The Balaban J connectivity index is 1.48. The van der Waals surface area contributed by atoms with Crippen molar-refractivity contribution < 1.29 is 4.79 Å². The number of benzene rings is 2. The van der Waals surface area contributed by atoms with Crippen LogP contribution in [0.3, 0.4) is 0 Å². The molecular formula is C21H20N6OS2. The average molecular weight is 437 g/mol. The first-order chi connectivity index (χ1) is 14.4. The van der Waals surface area contributed by atoms with E-state index in [1.165, 1.54) is 11.3 Å². The Morgan fingerprint density at radius 3 is 2.73 bits per heavy atom. The molecule has 7 nitrogen and oxygen atoms in total. The molecule has 0 radical (unpaired) electrons. The molecule has 152 valence electrons. The summed E-state index contributed by atoms with van der Waals surface area (Å²) in [5.74, 6) is 0.606. The van der Waals surface area contributed by atoms with E-state index in [2.05, 4.69) is 25.9 Å². The highest BCUT2D eigenvalue weighted by molar-refractivity contribution is 7.80. The maximum Gasteiger partial charge on any atom is 0.257 e. The molecule has 0 fully saturated rings. The van der Waals surface area contributed by atoms with Gasteiger partial charge in [-0.1, -0.05) is 36.0 Å². The SMILES string of the molecule is CCc1nnc2sc(-c3ccc(NC(=S)NC(=O)c4cccc(C)c4)c(C)c3)nn12. The number of nitrogens with one attached hydrogen (secondary N) is 2. The van der Waals surface area contributed by atoms with Crippen LogP contribution in [-0.2, 0) is 6.42 Å². The number of rotatable bonds is 4. The van der Waals surface area contributed by atoms with E-state index in [0.717, 1.165) is 44.6 Å². The lowest BCUT2D eigenvalue weighted by Gasteiger charge is -2.12. The van der Waals surface area contributed by atoms with E-state index in [1.807, 2.05) is 57.2 Å². The molecule has 0 aliphatic carbocycles. The third-order valence-electron chi connectivity index (χ3n) is 4.60. The van der Waals surface area contributed by atoms with Crippen LogP contribution in [0.15, 0.2) is 42.5 Å². The number of nitrogens with zero attached hydrogens (tertiary/aromatic N) is 4. The summed E-state index contributed by atoms with van der Waals surface area (Å²) in [5.41, 5.74) is 4.39. The van der Waals surface area contributed by atoms with Gasteiger partial charge in [0.15, 0.2) is 10.9 Å². The maximum atomic E-state index is 12.4. The van der Waals surface area contributed by atoms with Gasteiger partial charge in [-0.15, -0.1) is 10.2 Å². The molecule has 0 bridgehead atoms. The number of hydrogen-bond donors (Lipinski definition) is 2. The number of fused-ring (bicyclic) bond motifs is 1. The molecular weight excluding hydrogens is 416 g/mol. The predicted molar refractivity (Wildman–Crippen MR) is 123 cm³/mol. The Morgan fingerprint density at radius 2 is 2.00 bits per heavy atom. The average Bonchev–Trinajstić information content (AvgIpc) is 3.30. The van der Waals surface area contributed by atoms with Crippen molar-refractivity contribution in [2.24, 2.45) is 0 Å². The van der Waals surface area contributed by atoms with Gasteiger partial charge in [0.25, 0.3) is 5.91 Å². The molecule has 0 saturated heterocycles. The minimum Gasteiger partial charge on any atom is -0.332 e. The lowest BCUT2D eigenvalue weighted by Crippen LogP contribution is -2.34. The summed E-state index contributed by atoms with van der Waals surface area (Å²) in [6.07, 6.45) is 0.776. The molecule has 9 heteroatoms. The van der Waals surface area contributed by atoms with E-state index in [4.69, 9.17) is 12.2 Å². The van der Waals surface area contributed by atoms with E-state index in [0.29, 0.717) is 5.56 Å². The van der Waals surface area contributed by atoms with Crippen LogP contribution < -0.4 is 10.6 Å². The van der Waals surface area contributed by atoms with Crippen molar-refractivity contribution in [1.29, 1.82) is 0 Å². The van der Waals surface area contributed by atoms with Crippen LogP contribution in [0.5, 0.6) is 0 Å². The zero-order valence-corrected chi connectivity index (χ0v) is 18.4. The molecule has 2 aromatic heterocycles. The fraction of sp³-hybridized carbons (Fsp3) is 0.190. The molecule has 0 aliphatic rings. The molecule has 2 N–H and O–H groups in total. The first-order valence-corrected chi connectivity index (χ1v) is 10.7. The van der Waals surface area contributed by atoms with Crippen molar-refractivity contribution in [3.8, 4) is 10.6 Å². The Morgan fingerprint density at radius 1 is 1.17 bits per heavy atom. The van der Waals surface area contributed by atoms with Gasteiger partial charge in [-0.2, -0.15) is 9.61 Å². The zero-order chi connectivity index (χ0) is 21.3. The third kappa shape index (κ3) is 4.07. The number of thiocarbonyl (C=S) groups is 1. The van der Waals surface area contributed by atoms with Crippen molar-refractivity contribution >= 4 is 45.2 Å². The van der Waals surface area contributed by atoms with E-state index >= 15 is 0 Å². The zero-order valence-electron chi connectivity index (χ0n) is 16.8. The highest BCUT2D eigenvalue weighted by Crippen LogP contribution is 2.28. The predicted octanol–water partition coefficient (Wildman–Crippen LogP) is 4.16. The first kappa shape index (κ1) is 20.1. The molecule has 4 rings (SSSR count). The third-order valence-corrected chi connectivity index (χ3v) is 5.75. The summed E-state index contributed by atoms with van der Waals surface area (Å²) in [4.78, 5) is 13.2. The molecule has 0 atom stereocenters. The van der Waals surface area contributed by atoms with E-state index in [1.54, 1.807) is 10.6 Å². The highest BCUT2D eigenvalue weighted by atomic mass is 32.1. The summed E-state index contributed by atoms with van der Waals surface area (Å²) in [6, 6.07) is 13.3. The highest BCUT2D eigenvalue weighted by Gasteiger charge is 2.13. The largest absolute Gasteiger partial charge is 0.332 e. The van der Waals surface area contributed by atoms with Gasteiger partial charge in [-0.05, 0) is 62.0 Å². The van der Waals surface area contributed by atoms with Gasteiger partial charge >= 0.3 is 0 Å². The van der Waals surface area contributed by atoms with Crippen molar-refractivity contribution in [2.75, 3.05) is 5.32 Å². The van der Waals surface area contributed by atoms with Crippen LogP contribution in [0, 0.1) is 13.8 Å². The standard InChI is InChI=1S/C21H20N6OS2/c1-4-17-24-25-21-27(17)26-19(30-21)15-8-9-16(13(3)11-15)22-20(29)23-18(28)14-7-5-6-12(2)10-14/h5-11H,4H2,1-3H3,(H2,22,23,28,29). The minimum absolute atomic E-state index is 0.239. The maximum absolute atomic E-state index is 12.4. The fourth-order valence-corrected chi connectivity index (χ4v) is 4.10. The van der Waals surface area contributed by atoms with Gasteiger partial charge in [-0.3, -0.25) is 10.1 Å². The summed E-state index contributed by atoms with van der Waals surface area (Å²) in [7, 11) is 0. The monoisotopic (exact) mass is 436 g/mol. The van der Waals surface area contributed by atoms with Crippen molar-refractivity contribution in [3.63, 3.8) is 0 Å². The van der Waals surface area contributed by atoms with E-state index in [-0.39, 0.29) is 11.0 Å². The summed E-state index contributed by atoms with van der Waals surface area (Å²) in [5, 5.41) is 19.9. The first-order valence-electron chi connectivity index (χ1n) is 9.45. The molecule has 30 heavy (non-hydrogen) atoms. The van der Waals surface area contributed by atoms with E-state index in [9.17, 15) is 4.79 Å². The molecule has 2 heterocycles. The number of carbonyl (C=O) groups is 1. The Hall–Kier alpha value is -3.17. The van der Waals surface area contributed by atoms with Crippen molar-refractivity contribution in [2.45, 2.75) is 27.2 Å². The second-order valence-corrected chi connectivity index (χ2v) is 8.24. The molecule has 1 amide bonds. The van der Waals surface area contributed by atoms with E-state index < -0.39 is 0 Å². The number of amides is 1. The van der Waals surface area contributed by atoms with Gasteiger partial charge in [0.05, 0.1) is 0 Å². The molecule has 2 aromatic carbocycles. The van der Waals surface area contributed by atoms with Gasteiger partial charge in [0, 0.05) is 23.2 Å². The quantitative estimate of drug-likeness (QED) is 0.468. The summed E-state index contributed by atoms with van der Waals surface area (Å²) in [6.45, 7) is 5.95. The van der Waals surface area contributed by atoms with Crippen LogP contribution in [0.4, 0.5) is 5.69 Å². The molecule has 4 aromatic rings. The lowest BCUT2D eigenvalue weighted by atomic mass is 10.1. The number of aromatic nitrogens is 4. The Kier molecular flexibility index (Phi) is 5.56. The van der Waals surface area contributed by atoms with Crippen LogP contribution in [-0.4, -0.2) is 30.8 Å². The van der Waals surface area contributed by atoms with Crippen LogP contribution in [0.1, 0.15) is 34.2 Å². The number of hydrogen-bond acceptors (Lipinski definition) is 6. The van der Waals surface area contributed by atoms with Crippen LogP contribution >= 0.6 is 23.6 Å². The molecule has 0 saturated carbocycles. The van der Waals surface area contributed by atoms with Gasteiger partial charge in [0.1, 0.15) is 5.01 Å². The van der Waals surface area contributed by atoms with Crippen molar-refractivity contribution in [3.05, 3.63) is 65.0 Å². The van der Waals surface area contributed by atoms with Crippen LogP contribution in [0.2, 0.25) is 0 Å². The van der Waals surface area contributed by atoms with Gasteiger partial charge in [-0.25, -0.2) is 0 Å². The summed E-state index contributed by atoms with van der Waals surface area (Å²) < 4.78 is 1.79. The second-order valence-electron chi connectivity index (χ2n) is 6.88. The molecule has 0 spiro atoms. The van der Waals surface area contributed by atoms with Gasteiger partial charge < -0.3 is 5.32 Å². The smallest absolute Gasteiger partial charge is 0.257 e. The van der Waals surface area contributed by atoms with Crippen LogP contribution in [0.25, 0.3) is 15.5 Å².